The largest absolute Gasteiger partial charge is 0.496 e. The highest BCUT2D eigenvalue weighted by Crippen LogP contribution is 2.29. The van der Waals surface area contributed by atoms with E-state index in [0.29, 0.717) is 5.75 Å². The summed E-state index contributed by atoms with van der Waals surface area (Å²) in [7, 11) is 3.53. The molecule has 0 aliphatic carbocycles. The number of nitrogens with one attached hydrogen (secondary N) is 1. The van der Waals surface area contributed by atoms with Gasteiger partial charge in [0, 0.05) is 35.9 Å². The Bertz CT molecular complexity index is 1140. The second kappa shape index (κ2) is 8.92. The molecule has 152 valence electrons. The van der Waals surface area contributed by atoms with Crippen LogP contribution >= 0.6 is 11.3 Å². The minimum Gasteiger partial charge on any atom is -0.496 e. The van der Waals surface area contributed by atoms with Crippen LogP contribution in [0.3, 0.4) is 0 Å². The minimum absolute atomic E-state index is 0.126. The van der Waals surface area contributed by atoms with E-state index in [2.05, 4.69) is 15.3 Å². The predicted octanol–water partition coefficient (Wildman–Crippen LogP) is 4.00. The molecule has 30 heavy (non-hydrogen) atoms. The maximum Gasteiger partial charge on any atom is 0.226 e. The number of ether oxygens (including phenoxy) is 1. The molecule has 0 aliphatic heterocycles. The summed E-state index contributed by atoms with van der Waals surface area (Å²) in [5, 5.41) is 5.95. The highest BCUT2D eigenvalue weighted by atomic mass is 32.1. The van der Waals surface area contributed by atoms with Crippen LogP contribution in [-0.2, 0) is 18.3 Å². The van der Waals surface area contributed by atoms with Gasteiger partial charge < -0.3 is 14.6 Å². The first-order chi connectivity index (χ1) is 14.7. The first-order valence-corrected chi connectivity index (χ1v) is 10.4. The van der Waals surface area contributed by atoms with E-state index < -0.39 is 6.04 Å². The Labute approximate surface area is 179 Å². The molecule has 1 N–H and O–H groups in total. The number of hydrogen-bond acceptors (Lipinski definition) is 5. The lowest BCUT2D eigenvalue weighted by molar-refractivity contribution is -0.121. The summed E-state index contributed by atoms with van der Waals surface area (Å²) in [5.41, 5.74) is 2.65. The van der Waals surface area contributed by atoms with Gasteiger partial charge >= 0.3 is 0 Å². The zero-order valence-electron chi connectivity index (χ0n) is 16.8. The molecule has 2 aromatic carbocycles. The summed E-state index contributed by atoms with van der Waals surface area (Å²) in [5.74, 6) is 1.31. The molecule has 2 aromatic heterocycles. The zero-order chi connectivity index (χ0) is 20.9. The van der Waals surface area contributed by atoms with Crippen molar-refractivity contribution < 1.29 is 9.53 Å². The maximum atomic E-state index is 12.9. The van der Waals surface area contributed by atoms with Gasteiger partial charge in [0.15, 0.2) is 0 Å². The van der Waals surface area contributed by atoms with Gasteiger partial charge in [0.2, 0.25) is 5.91 Å². The lowest BCUT2D eigenvalue weighted by Crippen LogP contribution is -2.32. The van der Waals surface area contributed by atoms with Gasteiger partial charge in [0.05, 0.1) is 19.2 Å². The van der Waals surface area contributed by atoms with Crippen molar-refractivity contribution in [2.75, 3.05) is 7.11 Å². The molecule has 0 bridgehead atoms. The second-order valence-electron chi connectivity index (χ2n) is 6.83. The van der Waals surface area contributed by atoms with E-state index in [-0.39, 0.29) is 12.3 Å². The lowest BCUT2D eigenvalue weighted by Gasteiger charge is -2.21. The van der Waals surface area contributed by atoms with Crippen molar-refractivity contribution in [2.24, 2.45) is 7.05 Å². The Kier molecular flexibility index (Phi) is 5.90. The SMILES string of the molecule is COc1ccccc1C(NC(=O)Cc1csc(-c2ccccc2)n1)c1nccn1C. The Hall–Kier alpha value is -3.45. The summed E-state index contributed by atoms with van der Waals surface area (Å²) in [6.45, 7) is 0. The van der Waals surface area contributed by atoms with Crippen molar-refractivity contribution in [3.8, 4) is 16.3 Å². The summed E-state index contributed by atoms with van der Waals surface area (Å²) in [6, 6.07) is 17.2. The second-order valence-corrected chi connectivity index (χ2v) is 7.68. The minimum atomic E-state index is -0.430. The monoisotopic (exact) mass is 418 g/mol. The van der Waals surface area contributed by atoms with Crippen molar-refractivity contribution in [1.29, 1.82) is 0 Å². The zero-order valence-corrected chi connectivity index (χ0v) is 17.6. The molecular formula is C23H22N4O2S. The predicted molar refractivity (Wildman–Crippen MR) is 117 cm³/mol. The van der Waals surface area contributed by atoms with Crippen LogP contribution in [0.4, 0.5) is 0 Å². The molecule has 7 heteroatoms. The molecule has 1 unspecified atom stereocenters. The van der Waals surface area contributed by atoms with Gasteiger partial charge in [-0.25, -0.2) is 9.97 Å². The van der Waals surface area contributed by atoms with Crippen LogP contribution in [0.5, 0.6) is 5.75 Å². The summed E-state index contributed by atoms with van der Waals surface area (Å²) >= 11 is 1.54. The molecule has 0 saturated carbocycles. The van der Waals surface area contributed by atoms with Crippen LogP contribution in [0.1, 0.15) is 23.1 Å². The number of rotatable bonds is 7. The van der Waals surface area contributed by atoms with E-state index in [1.54, 1.807) is 13.3 Å². The van der Waals surface area contributed by atoms with E-state index in [0.717, 1.165) is 27.7 Å². The van der Waals surface area contributed by atoms with Gasteiger partial charge in [-0.2, -0.15) is 0 Å². The van der Waals surface area contributed by atoms with Crippen LogP contribution in [0.25, 0.3) is 10.6 Å². The lowest BCUT2D eigenvalue weighted by atomic mass is 10.0. The van der Waals surface area contributed by atoms with Gasteiger partial charge in [-0.05, 0) is 6.07 Å². The molecule has 0 fully saturated rings. The average Bonchev–Trinajstić information content (AvgIpc) is 3.41. The van der Waals surface area contributed by atoms with E-state index in [1.165, 1.54) is 11.3 Å². The number of amides is 1. The number of nitrogens with zero attached hydrogens (tertiary/aromatic N) is 3. The third-order valence-electron chi connectivity index (χ3n) is 4.79. The number of benzene rings is 2. The Morgan fingerprint density at radius 3 is 2.67 bits per heavy atom. The quantitative estimate of drug-likeness (QED) is 0.493. The fraction of sp³-hybridized carbons (Fsp3) is 0.174. The molecule has 0 spiro atoms. The van der Waals surface area contributed by atoms with Gasteiger partial charge in [0.25, 0.3) is 0 Å². The third-order valence-corrected chi connectivity index (χ3v) is 5.73. The molecule has 6 nitrogen and oxygen atoms in total. The van der Waals surface area contributed by atoms with Crippen LogP contribution in [0.15, 0.2) is 72.4 Å². The number of carbonyl (C=O) groups is 1. The number of aromatic nitrogens is 3. The normalized spacial score (nSPS) is 11.8. The first-order valence-electron chi connectivity index (χ1n) is 9.55. The van der Waals surface area contributed by atoms with Gasteiger partial charge in [-0.3, -0.25) is 4.79 Å². The van der Waals surface area contributed by atoms with Crippen molar-refractivity contribution >= 4 is 17.2 Å². The van der Waals surface area contributed by atoms with E-state index in [4.69, 9.17) is 4.74 Å². The standard InChI is InChI=1S/C23H22N4O2S/c1-27-13-12-24-22(27)21(18-10-6-7-11-19(18)29-2)26-20(28)14-17-15-30-23(25-17)16-8-4-3-5-9-16/h3-13,15,21H,14H2,1-2H3,(H,26,28). The smallest absolute Gasteiger partial charge is 0.226 e. The van der Waals surface area contributed by atoms with E-state index in [9.17, 15) is 4.79 Å². The first kappa shape index (κ1) is 19.8. The molecule has 0 saturated heterocycles. The number of para-hydroxylation sites is 1. The van der Waals surface area contributed by atoms with Crippen molar-refractivity contribution in [1.82, 2.24) is 19.9 Å². The molecule has 1 atom stereocenters. The number of methoxy groups -OCH3 is 1. The molecule has 2 heterocycles. The number of imidazole rings is 1. The van der Waals surface area contributed by atoms with Crippen LogP contribution in [0, 0.1) is 0 Å². The topological polar surface area (TPSA) is 69.0 Å². The van der Waals surface area contributed by atoms with Crippen LogP contribution in [-0.4, -0.2) is 27.6 Å². The summed E-state index contributed by atoms with van der Waals surface area (Å²) in [6.07, 6.45) is 3.77. The highest BCUT2D eigenvalue weighted by molar-refractivity contribution is 7.13. The molecule has 1 amide bonds. The number of thiazole rings is 1. The fourth-order valence-electron chi connectivity index (χ4n) is 3.32. The highest BCUT2D eigenvalue weighted by Gasteiger charge is 2.24. The Balaban J connectivity index is 1.56. The van der Waals surface area contributed by atoms with Gasteiger partial charge in [-0.1, -0.05) is 48.5 Å². The molecule has 0 aliphatic rings. The molecular weight excluding hydrogens is 396 g/mol. The van der Waals surface area contributed by atoms with E-state index in [1.807, 2.05) is 77.8 Å². The summed E-state index contributed by atoms with van der Waals surface area (Å²) in [4.78, 5) is 22.0. The average molecular weight is 419 g/mol. The van der Waals surface area contributed by atoms with Crippen molar-refractivity contribution in [2.45, 2.75) is 12.5 Å². The van der Waals surface area contributed by atoms with Crippen molar-refractivity contribution in [3.63, 3.8) is 0 Å². The third kappa shape index (κ3) is 4.26. The Morgan fingerprint density at radius 2 is 1.93 bits per heavy atom. The Morgan fingerprint density at radius 1 is 1.17 bits per heavy atom. The number of carbonyl (C=O) groups excluding carboxylic acids is 1. The van der Waals surface area contributed by atoms with E-state index >= 15 is 0 Å². The molecule has 4 rings (SSSR count). The van der Waals surface area contributed by atoms with Crippen LogP contribution in [0.2, 0.25) is 0 Å². The van der Waals surface area contributed by atoms with Crippen molar-refractivity contribution in [3.05, 3.63) is 89.5 Å². The number of hydrogen-bond donors (Lipinski definition) is 1. The maximum absolute atomic E-state index is 12.9. The van der Waals surface area contributed by atoms with Crippen LogP contribution < -0.4 is 10.1 Å². The molecule has 4 aromatic rings. The summed E-state index contributed by atoms with van der Waals surface area (Å²) < 4.78 is 7.41. The number of aryl methyl sites for hydroxylation is 1. The van der Waals surface area contributed by atoms with Gasteiger partial charge in [-0.15, -0.1) is 11.3 Å². The van der Waals surface area contributed by atoms with Gasteiger partial charge in [0.1, 0.15) is 22.6 Å². The molecule has 0 radical (unpaired) electrons. The fourth-order valence-corrected chi connectivity index (χ4v) is 4.15.